The molecule has 2 aliphatic heterocycles. The molecule has 2 aliphatic rings. The van der Waals surface area contributed by atoms with Gasteiger partial charge in [0.2, 0.25) is 0 Å². The summed E-state index contributed by atoms with van der Waals surface area (Å²) in [6, 6.07) is 0. The molecule has 0 saturated carbocycles. The first-order valence-electron chi connectivity index (χ1n) is 6.82. The molecule has 2 heterocycles. The molecular formula is C14H32N2. The highest BCUT2D eigenvalue weighted by molar-refractivity contribution is 5.08. The van der Waals surface area contributed by atoms with Gasteiger partial charge in [0.15, 0.2) is 0 Å². The van der Waals surface area contributed by atoms with Crippen molar-refractivity contribution >= 4 is 0 Å². The highest BCUT2D eigenvalue weighted by atomic mass is 15.2. The SMILES string of the molecule is CC.CC.CN1CC2(C)CN(C)CC2(C)C1. The van der Waals surface area contributed by atoms with E-state index in [-0.39, 0.29) is 0 Å². The minimum Gasteiger partial charge on any atom is -0.305 e. The summed E-state index contributed by atoms with van der Waals surface area (Å²) >= 11 is 0. The van der Waals surface area contributed by atoms with Crippen LogP contribution in [-0.4, -0.2) is 50.1 Å². The van der Waals surface area contributed by atoms with Crippen LogP contribution < -0.4 is 0 Å². The van der Waals surface area contributed by atoms with Crippen molar-refractivity contribution in [2.45, 2.75) is 41.5 Å². The van der Waals surface area contributed by atoms with Gasteiger partial charge in [0.05, 0.1) is 0 Å². The number of nitrogens with zero attached hydrogens (tertiary/aromatic N) is 2. The molecule has 2 saturated heterocycles. The molecule has 2 fully saturated rings. The molecular weight excluding hydrogens is 196 g/mol. The van der Waals surface area contributed by atoms with Crippen LogP contribution in [0.2, 0.25) is 0 Å². The monoisotopic (exact) mass is 228 g/mol. The standard InChI is InChI=1S/C10H20N2.2C2H6/c1-9-5-11(3)7-10(9,2)8-12(4)6-9;2*1-2/h5-8H2,1-4H3;2*1-2H3. The summed E-state index contributed by atoms with van der Waals surface area (Å²) < 4.78 is 0. The molecule has 0 aromatic carbocycles. The summed E-state index contributed by atoms with van der Waals surface area (Å²) in [5.74, 6) is 0. The third-order valence-electron chi connectivity index (χ3n) is 3.93. The maximum atomic E-state index is 2.48. The average molecular weight is 228 g/mol. The van der Waals surface area contributed by atoms with E-state index in [0.29, 0.717) is 10.8 Å². The van der Waals surface area contributed by atoms with Gasteiger partial charge in [-0.15, -0.1) is 0 Å². The normalized spacial score (nSPS) is 38.2. The van der Waals surface area contributed by atoms with Crippen LogP contribution in [-0.2, 0) is 0 Å². The van der Waals surface area contributed by atoms with E-state index in [1.54, 1.807) is 0 Å². The Bertz CT molecular complexity index is 167. The van der Waals surface area contributed by atoms with E-state index >= 15 is 0 Å². The average Bonchev–Trinajstić information content (AvgIpc) is 2.53. The molecule has 0 radical (unpaired) electrons. The first-order chi connectivity index (χ1) is 7.45. The van der Waals surface area contributed by atoms with Crippen LogP contribution in [0, 0.1) is 10.8 Å². The molecule has 2 rings (SSSR count). The first kappa shape index (κ1) is 15.9. The predicted molar refractivity (Wildman–Crippen MR) is 73.9 cm³/mol. The van der Waals surface area contributed by atoms with E-state index in [2.05, 4.69) is 37.7 Å². The number of rotatable bonds is 0. The lowest BCUT2D eigenvalue weighted by atomic mass is 9.71. The van der Waals surface area contributed by atoms with Gasteiger partial charge < -0.3 is 9.80 Å². The zero-order valence-electron chi connectivity index (χ0n) is 12.7. The molecule has 2 heteroatoms. The quantitative estimate of drug-likeness (QED) is 0.629. The maximum Gasteiger partial charge on any atom is 0.00510 e. The van der Waals surface area contributed by atoms with Gasteiger partial charge in [-0.3, -0.25) is 0 Å². The zero-order valence-corrected chi connectivity index (χ0v) is 12.7. The molecule has 0 N–H and O–H groups in total. The van der Waals surface area contributed by atoms with Crippen molar-refractivity contribution < 1.29 is 0 Å². The van der Waals surface area contributed by atoms with Crippen LogP contribution in [0.3, 0.4) is 0 Å². The van der Waals surface area contributed by atoms with Crippen molar-refractivity contribution in [3.8, 4) is 0 Å². The molecule has 0 unspecified atom stereocenters. The summed E-state index contributed by atoms with van der Waals surface area (Å²) in [4.78, 5) is 4.96. The van der Waals surface area contributed by atoms with Crippen molar-refractivity contribution in [1.82, 2.24) is 9.80 Å². The Labute approximate surface area is 103 Å². The van der Waals surface area contributed by atoms with Crippen LogP contribution >= 0.6 is 0 Å². The summed E-state index contributed by atoms with van der Waals surface area (Å²) in [7, 11) is 4.49. The third kappa shape index (κ3) is 2.78. The number of hydrogen-bond acceptors (Lipinski definition) is 2. The second kappa shape index (κ2) is 6.02. The lowest BCUT2D eigenvalue weighted by Gasteiger charge is -2.31. The van der Waals surface area contributed by atoms with Gasteiger partial charge in [0.1, 0.15) is 0 Å². The van der Waals surface area contributed by atoms with E-state index in [9.17, 15) is 0 Å². The molecule has 0 aromatic heterocycles. The van der Waals surface area contributed by atoms with Crippen LogP contribution in [0.5, 0.6) is 0 Å². The van der Waals surface area contributed by atoms with E-state index in [4.69, 9.17) is 0 Å². The Morgan fingerprint density at radius 1 is 0.625 bits per heavy atom. The number of fused-ring (bicyclic) bond motifs is 1. The molecule has 98 valence electrons. The van der Waals surface area contributed by atoms with Gasteiger partial charge in [-0.25, -0.2) is 0 Å². The largest absolute Gasteiger partial charge is 0.305 e. The molecule has 0 aliphatic carbocycles. The topological polar surface area (TPSA) is 6.48 Å². The van der Waals surface area contributed by atoms with Gasteiger partial charge in [-0.2, -0.15) is 0 Å². The van der Waals surface area contributed by atoms with Crippen molar-refractivity contribution in [3.63, 3.8) is 0 Å². The molecule has 16 heavy (non-hydrogen) atoms. The second-order valence-corrected chi connectivity index (χ2v) is 5.47. The van der Waals surface area contributed by atoms with Crippen LogP contribution in [0.4, 0.5) is 0 Å². The highest BCUT2D eigenvalue weighted by Crippen LogP contribution is 2.50. The molecule has 0 amide bonds. The molecule has 0 bridgehead atoms. The fourth-order valence-electron chi connectivity index (χ4n) is 3.36. The third-order valence-corrected chi connectivity index (χ3v) is 3.93. The molecule has 0 aromatic rings. The van der Waals surface area contributed by atoms with Crippen molar-refractivity contribution in [3.05, 3.63) is 0 Å². The highest BCUT2D eigenvalue weighted by Gasteiger charge is 2.55. The minimum atomic E-state index is 0.538. The fraction of sp³-hybridized carbons (Fsp3) is 1.00. The minimum absolute atomic E-state index is 0.538. The first-order valence-corrected chi connectivity index (χ1v) is 6.82. The number of likely N-dealkylation sites (tertiary alicyclic amines) is 2. The zero-order chi connectivity index (χ0) is 13.0. The van der Waals surface area contributed by atoms with Crippen molar-refractivity contribution in [2.24, 2.45) is 10.8 Å². The van der Waals surface area contributed by atoms with Gasteiger partial charge in [0.25, 0.3) is 0 Å². The summed E-state index contributed by atoms with van der Waals surface area (Å²) in [6.07, 6.45) is 0. The lowest BCUT2D eigenvalue weighted by molar-refractivity contribution is 0.212. The van der Waals surface area contributed by atoms with E-state index in [1.165, 1.54) is 26.2 Å². The van der Waals surface area contributed by atoms with Crippen molar-refractivity contribution in [1.29, 1.82) is 0 Å². The Kier molecular flexibility index (Phi) is 5.99. The second-order valence-electron chi connectivity index (χ2n) is 5.47. The number of hydrogen-bond donors (Lipinski definition) is 0. The Hall–Kier alpha value is -0.0800. The van der Waals surface area contributed by atoms with Crippen LogP contribution in [0.15, 0.2) is 0 Å². The van der Waals surface area contributed by atoms with Crippen molar-refractivity contribution in [2.75, 3.05) is 40.3 Å². The van der Waals surface area contributed by atoms with Gasteiger partial charge in [-0.1, -0.05) is 41.5 Å². The molecule has 0 atom stereocenters. The van der Waals surface area contributed by atoms with Crippen LogP contribution in [0.1, 0.15) is 41.5 Å². The fourth-order valence-corrected chi connectivity index (χ4v) is 3.36. The van der Waals surface area contributed by atoms with E-state index < -0.39 is 0 Å². The smallest absolute Gasteiger partial charge is 0.00510 e. The molecule has 2 nitrogen and oxygen atoms in total. The Balaban J connectivity index is 0.000000509. The maximum absolute atomic E-state index is 2.48. The molecule has 0 spiro atoms. The van der Waals surface area contributed by atoms with Gasteiger partial charge in [0, 0.05) is 37.0 Å². The van der Waals surface area contributed by atoms with Gasteiger partial charge >= 0.3 is 0 Å². The summed E-state index contributed by atoms with van der Waals surface area (Å²) in [5, 5.41) is 0. The predicted octanol–water partition coefficient (Wildman–Crippen LogP) is 2.94. The Morgan fingerprint density at radius 3 is 1.00 bits per heavy atom. The summed E-state index contributed by atoms with van der Waals surface area (Å²) in [6.45, 7) is 18.0. The van der Waals surface area contributed by atoms with Crippen LogP contribution in [0.25, 0.3) is 0 Å². The van der Waals surface area contributed by atoms with Gasteiger partial charge in [-0.05, 0) is 14.1 Å². The Morgan fingerprint density at radius 2 is 0.812 bits per heavy atom. The summed E-state index contributed by atoms with van der Waals surface area (Å²) in [5.41, 5.74) is 1.08. The van der Waals surface area contributed by atoms with E-state index in [0.717, 1.165) is 0 Å². The van der Waals surface area contributed by atoms with E-state index in [1.807, 2.05) is 27.7 Å². The lowest BCUT2D eigenvalue weighted by Crippen LogP contribution is -2.34.